The van der Waals surface area contributed by atoms with Crippen molar-refractivity contribution in [2.75, 3.05) is 77.5 Å². The standard InChI is InChI=1S/2C35H38Cl2FN7O4/c2*1-44-27-10-18-45(17-4-14-38)20-26(27)41-31(44)32(46)42-25-6-3-5-23(28(25)36)30-29(37)22(9-15-40-30)24-8-7-21(33(43-24)49-2)19-39-16-13-35(11-12-35)34(47)48/h2*3,5-9,15,39H,4,10-14,16-20H2,1-2H3,(H,42,46)(H,47,48). The van der Waals surface area contributed by atoms with E-state index in [1.807, 2.05) is 47.5 Å². The van der Waals surface area contributed by atoms with Crippen LogP contribution in [0.15, 0.2) is 85.2 Å². The number of anilines is 2. The van der Waals surface area contributed by atoms with Gasteiger partial charge in [-0.25, -0.2) is 19.9 Å². The van der Waals surface area contributed by atoms with Gasteiger partial charge in [-0.1, -0.05) is 82.8 Å². The highest BCUT2D eigenvalue weighted by Crippen LogP contribution is 2.50. The molecule has 516 valence electrons. The number of fused-ring (bicyclic) bond motifs is 2. The number of carboxylic acids is 2. The third-order valence-electron chi connectivity index (χ3n) is 18.7. The van der Waals surface area contributed by atoms with Crippen molar-refractivity contribution in [3.05, 3.63) is 151 Å². The minimum absolute atomic E-state index is 0.265. The number of methoxy groups -OCH3 is 2. The van der Waals surface area contributed by atoms with E-state index < -0.39 is 34.6 Å². The number of carboxylic acid groups (broad SMARTS) is 2. The Morgan fingerprint density at radius 2 is 0.959 bits per heavy atom. The Morgan fingerprint density at radius 1 is 0.551 bits per heavy atom. The van der Waals surface area contributed by atoms with Gasteiger partial charge in [-0.3, -0.25) is 47.7 Å². The predicted octanol–water partition coefficient (Wildman–Crippen LogP) is 12.3. The molecule has 0 bridgehead atoms. The lowest BCUT2D eigenvalue weighted by atomic mass is 10.0. The number of rotatable bonds is 28. The van der Waals surface area contributed by atoms with Crippen molar-refractivity contribution in [2.45, 2.75) is 90.4 Å². The Kier molecular flexibility index (Phi) is 22.7. The van der Waals surface area contributed by atoms with E-state index in [2.05, 4.69) is 51.0 Å². The van der Waals surface area contributed by atoms with E-state index in [4.69, 9.17) is 65.8 Å². The van der Waals surface area contributed by atoms with E-state index in [1.54, 1.807) is 75.1 Å². The number of halogens is 6. The summed E-state index contributed by atoms with van der Waals surface area (Å²) in [4.78, 5) is 81.8. The normalized spacial score (nSPS) is 15.1. The van der Waals surface area contributed by atoms with Crippen molar-refractivity contribution in [3.63, 3.8) is 0 Å². The van der Waals surface area contributed by atoms with Gasteiger partial charge in [0, 0.05) is 136 Å². The molecule has 6 N–H and O–H groups in total. The first kappa shape index (κ1) is 71.1. The zero-order valence-electron chi connectivity index (χ0n) is 54.7. The van der Waals surface area contributed by atoms with Gasteiger partial charge < -0.3 is 50.1 Å². The molecule has 2 aromatic carbocycles. The molecular weight excluding hydrogens is 1340 g/mol. The molecule has 22 nitrogen and oxygen atoms in total. The second kappa shape index (κ2) is 31.3. The number of hydrogen-bond acceptors (Lipinski definition) is 16. The van der Waals surface area contributed by atoms with Crippen molar-refractivity contribution in [2.24, 2.45) is 24.9 Å². The van der Waals surface area contributed by atoms with Gasteiger partial charge in [0.25, 0.3) is 11.8 Å². The molecule has 4 aliphatic rings. The number of aliphatic carboxylic acids is 2. The minimum Gasteiger partial charge on any atom is -0.481 e. The van der Waals surface area contributed by atoms with Crippen molar-refractivity contribution < 1.29 is 47.6 Å². The zero-order chi connectivity index (χ0) is 69.4. The van der Waals surface area contributed by atoms with Gasteiger partial charge in [0.2, 0.25) is 11.8 Å². The molecule has 28 heteroatoms. The quantitative estimate of drug-likeness (QED) is 0.0249. The first-order valence-electron chi connectivity index (χ1n) is 32.4. The summed E-state index contributed by atoms with van der Waals surface area (Å²) in [6.07, 6.45) is 9.67. The van der Waals surface area contributed by atoms with Crippen LogP contribution in [0.25, 0.3) is 45.0 Å². The molecule has 0 spiro atoms. The molecular formula is C70H76Cl4F2N14O8. The van der Waals surface area contributed by atoms with Gasteiger partial charge in [-0.05, 0) is 101 Å². The van der Waals surface area contributed by atoms with Gasteiger partial charge in [0.1, 0.15) is 0 Å². The van der Waals surface area contributed by atoms with Gasteiger partial charge in [-0.15, -0.1) is 0 Å². The van der Waals surface area contributed by atoms with E-state index >= 15 is 0 Å². The molecule has 6 aromatic heterocycles. The molecule has 0 radical (unpaired) electrons. The van der Waals surface area contributed by atoms with Crippen molar-refractivity contribution in [3.8, 4) is 56.8 Å². The largest absolute Gasteiger partial charge is 0.481 e. The summed E-state index contributed by atoms with van der Waals surface area (Å²) < 4.78 is 40.2. The van der Waals surface area contributed by atoms with E-state index in [0.717, 1.165) is 85.5 Å². The van der Waals surface area contributed by atoms with Crippen LogP contribution in [-0.4, -0.2) is 150 Å². The van der Waals surface area contributed by atoms with E-state index in [0.29, 0.717) is 156 Å². The number of carbonyl (C=O) groups is 4. The molecule has 2 aliphatic heterocycles. The molecule has 2 amide bonds. The number of benzene rings is 2. The highest BCUT2D eigenvalue weighted by Gasteiger charge is 2.50. The third-order valence-corrected chi connectivity index (χ3v) is 20.3. The topological polar surface area (TPSA) is 269 Å². The summed E-state index contributed by atoms with van der Waals surface area (Å²) in [5.74, 6) is -0.891. The molecule has 2 aliphatic carbocycles. The van der Waals surface area contributed by atoms with Crippen LogP contribution in [0.4, 0.5) is 20.2 Å². The Bertz CT molecular complexity index is 4030. The maximum atomic E-state index is 13.5. The average molecular weight is 1420 g/mol. The number of alkyl halides is 2. The lowest BCUT2D eigenvalue weighted by molar-refractivity contribution is -0.144. The molecule has 12 rings (SSSR count). The first-order chi connectivity index (χ1) is 47.3. The van der Waals surface area contributed by atoms with E-state index in [9.17, 15) is 38.2 Å². The molecule has 0 saturated heterocycles. The number of ether oxygens (including phenoxy) is 2. The number of nitrogens with zero attached hydrogens (tertiary/aromatic N) is 10. The fourth-order valence-corrected chi connectivity index (χ4v) is 13.7. The molecule has 0 unspecified atom stereocenters. The molecule has 2 fully saturated rings. The van der Waals surface area contributed by atoms with Crippen LogP contribution in [0.3, 0.4) is 0 Å². The second-order valence-electron chi connectivity index (χ2n) is 25.0. The smallest absolute Gasteiger partial charge is 0.309 e. The number of pyridine rings is 4. The van der Waals surface area contributed by atoms with Crippen LogP contribution < -0.4 is 30.7 Å². The third kappa shape index (κ3) is 15.6. The number of amides is 2. The maximum Gasteiger partial charge on any atom is 0.309 e. The van der Waals surface area contributed by atoms with E-state index in [-0.39, 0.29) is 35.0 Å². The molecule has 8 heterocycles. The lowest BCUT2D eigenvalue weighted by Gasteiger charge is -2.26. The Balaban J connectivity index is 0.000000198. The number of carbonyl (C=O) groups excluding carboxylic acids is 2. The fraction of sp³-hybridized carbons (Fsp3) is 0.400. The lowest BCUT2D eigenvalue weighted by Crippen LogP contribution is -2.32. The summed E-state index contributed by atoms with van der Waals surface area (Å²) in [6.45, 7) is 5.38. The second-order valence-corrected chi connectivity index (χ2v) is 26.5. The first-order valence-corrected chi connectivity index (χ1v) is 33.9. The number of aromatic nitrogens is 8. The summed E-state index contributed by atoms with van der Waals surface area (Å²) in [5, 5.41) is 32.4. The van der Waals surface area contributed by atoms with Crippen LogP contribution in [-0.2, 0) is 62.7 Å². The van der Waals surface area contributed by atoms with Crippen LogP contribution >= 0.6 is 46.4 Å². The Labute approximate surface area is 585 Å². The van der Waals surface area contributed by atoms with Crippen molar-refractivity contribution >= 4 is 81.5 Å². The van der Waals surface area contributed by atoms with Gasteiger partial charge in [-0.2, -0.15) is 0 Å². The van der Waals surface area contributed by atoms with Gasteiger partial charge >= 0.3 is 11.9 Å². The summed E-state index contributed by atoms with van der Waals surface area (Å²) in [5.41, 5.74) is 9.13. The van der Waals surface area contributed by atoms with Crippen LogP contribution in [0.2, 0.25) is 20.1 Å². The summed E-state index contributed by atoms with van der Waals surface area (Å²) in [6, 6.07) is 21.5. The minimum atomic E-state index is -0.729. The predicted molar refractivity (Wildman–Crippen MR) is 372 cm³/mol. The Hall–Kier alpha value is -8.20. The Morgan fingerprint density at radius 3 is 1.33 bits per heavy atom. The number of hydrogen-bond donors (Lipinski definition) is 6. The van der Waals surface area contributed by atoms with Crippen molar-refractivity contribution in [1.82, 2.24) is 59.5 Å². The molecule has 98 heavy (non-hydrogen) atoms. The van der Waals surface area contributed by atoms with Gasteiger partial charge in [0.15, 0.2) is 11.6 Å². The van der Waals surface area contributed by atoms with Crippen molar-refractivity contribution in [1.29, 1.82) is 0 Å². The molecule has 0 atom stereocenters. The van der Waals surface area contributed by atoms with Crippen LogP contribution in [0, 0.1) is 10.8 Å². The number of nitrogens with one attached hydrogen (secondary N) is 4. The van der Waals surface area contributed by atoms with Gasteiger partial charge in [0.05, 0.1) is 104 Å². The molecule has 8 aromatic rings. The average Bonchev–Trinajstić information content (AvgIpc) is 1.66. The highest BCUT2D eigenvalue weighted by molar-refractivity contribution is 6.40. The summed E-state index contributed by atoms with van der Waals surface area (Å²) in [7, 11) is 6.73. The summed E-state index contributed by atoms with van der Waals surface area (Å²) >= 11 is 27.7. The highest BCUT2D eigenvalue weighted by atomic mass is 35.5. The van der Waals surface area contributed by atoms with Crippen LogP contribution in [0.1, 0.15) is 107 Å². The number of imidazole rings is 2. The maximum absolute atomic E-state index is 13.5. The fourth-order valence-electron chi connectivity index (χ4n) is 12.6. The zero-order valence-corrected chi connectivity index (χ0v) is 57.7. The SMILES string of the molecule is COc1nc(-c2ccnc(-c3cccc(NC(=O)c4nc5c(n4C)CCN(CCCF)C5)c3Cl)c2Cl)ccc1CNCCC1(C(=O)O)CC1.COc1nc(-c2ccnc(-c3cccc(NC(=O)c4nc5c(n4C)CCN(CCCF)C5)c3Cl)c2Cl)ccc1CNCCC1(C(=O)O)CC1. The van der Waals surface area contributed by atoms with Crippen LogP contribution in [0.5, 0.6) is 11.8 Å². The van der Waals surface area contributed by atoms with E-state index in [1.165, 1.54) is 0 Å². The molecule has 2 saturated carbocycles. The monoisotopic (exact) mass is 1420 g/mol.